The van der Waals surface area contributed by atoms with Gasteiger partial charge in [0.1, 0.15) is 11.5 Å². The summed E-state index contributed by atoms with van der Waals surface area (Å²) in [5, 5.41) is 24.2. The van der Waals surface area contributed by atoms with Gasteiger partial charge in [-0.15, -0.1) is 0 Å². The van der Waals surface area contributed by atoms with Gasteiger partial charge in [-0.2, -0.15) is 0 Å². The Hall–Kier alpha value is -3.28. The van der Waals surface area contributed by atoms with E-state index in [1.54, 1.807) is 31.2 Å². The molecule has 0 heterocycles. The van der Waals surface area contributed by atoms with Crippen LogP contribution in [-0.2, 0) is 0 Å². The maximum absolute atomic E-state index is 12.0. The van der Waals surface area contributed by atoms with Crippen LogP contribution in [0, 0.1) is 0 Å². The van der Waals surface area contributed by atoms with Crippen molar-refractivity contribution in [3.05, 3.63) is 71.6 Å². The number of para-hydroxylation sites is 2. The van der Waals surface area contributed by atoms with E-state index in [9.17, 15) is 19.8 Å². The van der Waals surface area contributed by atoms with Crippen LogP contribution in [-0.4, -0.2) is 22.0 Å². The van der Waals surface area contributed by atoms with Gasteiger partial charge < -0.3 is 20.8 Å². The molecule has 2 rings (SSSR count). The van der Waals surface area contributed by atoms with E-state index in [1.165, 1.54) is 30.5 Å². The fourth-order valence-electron chi connectivity index (χ4n) is 1.87. The minimum atomic E-state index is -0.501. The third-order valence-corrected chi connectivity index (χ3v) is 3.03. The first kappa shape index (κ1) is 16.1. The largest absolute Gasteiger partial charge is 0.507 e. The number of carbonyl (C=O) groups excluding carboxylic acids is 2. The quantitative estimate of drug-likeness (QED) is 0.695. The molecule has 0 atom stereocenters. The molecule has 0 aliphatic carbocycles. The molecule has 4 N–H and O–H groups in total. The zero-order valence-corrected chi connectivity index (χ0v) is 12.4. The Bertz CT molecular complexity index is 769. The van der Waals surface area contributed by atoms with Gasteiger partial charge in [0.2, 0.25) is 0 Å². The molecule has 2 aromatic carbocycles. The molecule has 23 heavy (non-hydrogen) atoms. The molecule has 6 nitrogen and oxygen atoms in total. The Labute approximate surface area is 133 Å². The highest BCUT2D eigenvalue weighted by molar-refractivity contribution is 5.98. The third-order valence-electron chi connectivity index (χ3n) is 3.03. The van der Waals surface area contributed by atoms with Gasteiger partial charge in [-0.3, -0.25) is 9.59 Å². The number of allylic oxidation sites excluding steroid dienone is 1. The van der Waals surface area contributed by atoms with Gasteiger partial charge in [-0.05, 0) is 31.2 Å². The number of hydrogen-bond donors (Lipinski definition) is 4. The van der Waals surface area contributed by atoms with Crippen molar-refractivity contribution in [1.82, 2.24) is 10.6 Å². The smallest absolute Gasteiger partial charge is 0.259 e. The van der Waals surface area contributed by atoms with Crippen molar-refractivity contribution >= 4 is 11.8 Å². The van der Waals surface area contributed by atoms with Gasteiger partial charge in [0.05, 0.1) is 11.1 Å². The van der Waals surface area contributed by atoms with Crippen molar-refractivity contribution in [2.45, 2.75) is 6.92 Å². The van der Waals surface area contributed by atoms with Crippen molar-refractivity contribution in [3.63, 3.8) is 0 Å². The maximum atomic E-state index is 12.0. The second-order valence-corrected chi connectivity index (χ2v) is 4.79. The number of aromatic hydroxyl groups is 2. The summed E-state index contributed by atoms with van der Waals surface area (Å²) in [6, 6.07) is 12.3. The summed E-state index contributed by atoms with van der Waals surface area (Å²) in [5.74, 6) is -1.25. The molecule has 0 saturated carbocycles. The number of amides is 2. The maximum Gasteiger partial charge on any atom is 0.259 e. The summed E-state index contributed by atoms with van der Waals surface area (Å²) in [7, 11) is 0. The second kappa shape index (κ2) is 7.13. The van der Waals surface area contributed by atoms with Crippen LogP contribution in [0.4, 0.5) is 0 Å². The highest BCUT2D eigenvalue weighted by atomic mass is 16.3. The number of nitrogens with one attached hydrogen (secondary N) is 2. The molecule has 0 radical (unpaired) electrons. The highest BCUT2D eigenvalue weighted by Gasteiger charge is 2.11. The molecule has 0 aromatic heterocycles. The molecular formula is C17H16N2O4. The van der Waals surface area contributed by atoms with E-state index in [4.69, 9.17) is 0 Å². The monoisotopic (exact) mass is 312 g/mol. The Morgan fingerprint density at radius 1 is 0.870 bits per heavy atom. The third kappa shape index (κ3) is 4.10. The number of phenolic OH excluding ortho intramolecular Hbond substituents is 2. The Morgan fingerprint density at radius 2 is 1.35 bits per heavy atom. The van der Waals surface area contributed by atoms with Crippen LogP contribution in [0.3, 0.4) is 0 Å². The summed E-state index contributed by atoms with van der Waals surface area (Å²) in [5.41, 5.74) is 0.637. The molecule has 0 aliphatic heterocycles. The van der Waals surface area contributed by atoms with Gasteiger partial charge in [0.25, 0.3) is 11.8 Å². The van der Waals surface area contributed by atoms with Crippen LogP contribution < -0.4 is 10.6 Å². The molecule has 0 unspecified atom stereocenters. The lowest BCUT2D eigenvalue weighted by molar-refractivity contribution is 0.0949. The van der Waals surface area contributed by atoms with E-state index in [1.807, 2.05) is 0 Å². The molecule has 0 spiro atoms. The number of phenols is 2. The van der Waals surface area contributed by atoms with Gasteiger partial charge in [-0.25, -0.2) is 0 Å². The lowest BCUT2D eigenvalue weighted by atomic mass is 10.2. The van der Waals surface area contributed by atoms with Crippen LogP contribution in [0.25, 0.3) is 0 Å². The fraction of sp³-hybridized carbons (Fsp3) is 0.0588. The zero-order valence-electron chi connectivity index (χ0n) is 12.4. The molecule has 0 saturated heterocycles. The van der Waals surface area contributed by atoms with Crippen LogP contribution in [0.5, 0.6) is 11.5 Å². The highest BCUT2D eigenvalue weighted by Crippen LogP contribution is 2.16. The van der Waals surface area contributed by atoms with Crippen LogP contribution in [0.15, 0.2) is 60.4 Å². The number of benzene rings is 2. The average Bonchev–Trinajstić information content (AvgIpc) is 2.53. The minimum Gasteiger partial charge on any atom is -0.507 e. The standard InChI is InChI=1S/C17H16N2O4/c1-11(19-17(23)13-7-3-5-9-15(13)21)10-18-16(22)12-6-2-4-8-14(12)20/h2-10,20-21H,1H3,(H,18,22)(H,19,23). The zero-order chi connectivity index (χ0) is 16.8. The predicted octanol–water partition coefficient (Wildman–Crippen LogP) is 2.12. The van der Waals surface area contributed by atoms with Crippen LogP contribution in [0.2, 0.25) is 0 Å². The Kier molecular flexibility index (Phi) is 4.99. The number of carbonyl (C=O) groups is 2. The van der Waals surface area contributed by atoms with Crippen LogP contribution in [0.1, 0.15) is 27.6 Å². The van der Waals surface area contributed by atoms with Gasteiger partial charge >= 0.3 is 0 Å². The first-order valence-corrected chi connectivity index (χ1v) is 6.84. The van der Waals surface area contributed by atoms with Crippen molar-refractivity contribution < 1.29 is 19.8 Å². The van der Waals surface area contributed by atoms with Crippen molar-refractivity contribution in [1.29, 1.82) is 0 Å². The fourth-order valence-corrected chi connectivity index (χ4v) is 1.87. The Morgan fingerprint density at radius 3 is 1.87 bits per heavy atom. The van der Waals surface area contributed by atoms with E-state index in [-0.39, 0.29) is 22.6 Å². The van der Waals surface area contributed by atoms with E-state index in [2.05, 4.69) is 10.6 Å². The van der Waals surface area contributed by atoms with E-state index >= 15 is 0 Å². The van der Waals surface area contributed by atoms with Crippen molar-refractivity contribution in [2.24, 2.45) is 0 Å². The molecule has 6 heteroatoms. The van der Waals surface area contributed by atoms with Crippen molar-refractivity contribution in [3.8, 4) is 11.5 Å². The molecular weight excluding hydrogens is 296 g/mol. The topological polar surface area (TPSA) is 98.7 Å². The summed E-state index contributed by atoms with van der Waals surface area (Å²) < 4.78 is 0. The van der Waals surface area contributed by atoms with Gasteiger partial charge in [-0.1, -0.05) is 24.3 Å². The van der Waals surface area contributed by atoms with Crippen LogP contribution >= 0.6 is 0 Å². The van der Waals surface area contributed by atoms with E-state index < -0.39 is 11.8 Å². The average molecular weight is 312 g/mol. The summed E-state index contributed by atoms with van der Waals surface area (Å²) in [6.45, 7) is 1.59. The summed E-state index contributed by atoms with van der Waals surface area (Å²) in [4.78, 5) is 23.9. The SMILES string of the molecule is CC(=CNC(=O)c1ccccc1O)NC(=O)c1ccccc1O. The predicted molar refractivity (Wildman–Crippen MR) is 84.9 cm³/mol. The first-order chi connectivity index (χ1) is 11.0. The Balaban J connectivity index is 2.01. The second-order valence-electron chi connectivity index (χ2n) is 4.79. The molecule has 2 amide bonds. The van der Waals surface area contributed by atoms with Crippen molar-refractivity contribution in [2.75, 3.05) is 0 Å². The number of hydrogen-bond acceptors (Lipinski definition) is 4. The van der Waals surface area contributed by atoms with E-state index in [0.29, 0.717) is 5.70 Å². The molecule has 2 aromatic rings. The lowest BCUT2D eigenvalue weighted by Gasteiger charge is -2.08. The lowest BCUT2D eigenvalue weighted by Crippen LogP contribution is -2.25. The minimum absolute atomic E-state index is 0.128. The summed E-state index contributed by atoms with van der Waals surface area (Å²) >= 11 is 0. The van der Waals surface area contributed by atoms with Gasteiger partial charge in [0, 0.05) is 11.9 Å². The normalized spacial score (nSPS) is 10.9. The molecule has 0 bridgehead atoms. The summed E-state index contributed by atoms with van der Waals surface area (Å²) in [6.07, 6.45) is 1.31. The van der Waals surface area contributed by atoms with E-state index in [0.717, 1.165) is 0 Å². The molecule has 118 valence electrons. The number of rotatable bonds is 4. The first-order valence-electron chi connectivity index (χ1n) is 6.84. The molecule has 0 aliphatic rings. The van der Waals surface area contributed by atoms with Gasteiger partial charge in [0.15, 0.2) is 0 Å². The molecule has 0 fully saturated rings.